The largest absolute Gasteiger partial charge is 0.416 e. The van der Waals surface area contributed by atoms with Crippen molar-refractivity contribution in [2.75, 3.05) is 23.7 Å². The highest BCUT2D eigenvalue weighted by Gasteiger charge is 2.31. The maximum absolute atomic E-state index is 12.8. The van der Waals surface area contributed by atoms with Crippen LogP contribution in [0.3, 0.4) is 0 Å². The van der Waals surface area contributed by atoms with Crippen LogP contribution in [0.15, 0.2) is 23.0 Å². The summed E-state index contributed by atoms with van der Waals surface area (Å²) in [7, 11) is 0. The van der Waals surface area contributed by atoms with Crippen molar-refractivity contribution in [3.63, 3.8) is 0 Å². The zero-order valence-corrected chi connectivity index (χ0v) is 11.2. The van der Waals surface area contributed by atoms with Gasteiger partial charge >= 0.3 is 6.18 Å². The van der Waals surface area contributed by atoms with E-state index < -0.39 is 11.7 Å². The average molecular weight is 301 g/mol. The highest BCUT2D eigenvalue weighted by Crippen LogP contribution is 2.32. The predicted molar refractivity (Wildman–Crippen MR) is 69.9 cm³/mol. The summed E-state index contributed by atoms with van der Waals surface area (Å²) < 4.78 is 43.0. The molecule has 114 valence electrons. The minimum Gasteiger partial charge on any atom is -0.370 e. The molecule has 0 radical (unpaired) electrons. The van der Waals surface area contributed by atoms with Crippen molar-refractivity contribution in [2.45, 2.75) is 19.5 Å². The highest BCUT2D eigenvalue weighted by atomic mass is 19.4. The molecule has 2 aromatic rings. The Labute approximate surface area is 118 Å². The smallest absolute Gasteiger partial charge is 0.370 e. The molecule has 0 atom stereocenters. The van der Waals surface area contributed by atoms with Gasteiger partial charge < -0.3 is 15.2 Å². The standard InChI is InChI=1S/C12H14F3N5O/c1-2-16-10-5-8(12(13,14)15)6-11(19-10)17-4-3-9-18-7-21-20-9/h5-7H,2-4H2,1H3,(H2,16,17,19). The van der Waals surface area contributed by atoms with Gasteiger partial charge in [-0.1, -0.05) is 5.16 Å². The minimum absolute atomic E-state index is 0.143. The first-order chi connectivity index (χ1) is 9.99. The van der Waals surface area contributed by atoms with E-state index >= 15 is 0 Å². The molecule has 0 aromatic carbocycles. The van der Waals surface area contributed by atoms with Gasteiger partial charge in [0.1, 0.15) is 11.6 Å². The molecule has 21 heavy (non-hydrogen) atoms. The van der Waals surface area contributed by atoms with E-state index in [1.165, 1.54) is 6.39 Å². The lowest BCUT2D eigenvalue weighted by molar-refractivity contribution is -0.137. The van der Waals surface area contributed by atoms with E-state index in [9.17, 15) is 13.2 Å². The van der Waals surface area contributed by atoms with Crippen LogP contribution in [-0.4, -0.2) is 28.2 Å². The molecule has 0 amide bonds. The van der Waals surface area contributed by atoms with Gasteiger partial charge in [0.05, 0.1) is 5.56 Å². The Bertz CT molecular complexity index is 571. The van der Waals surface area contributed by atoms with E-state index in [2.05, 4.69) is 30.3 Å². The summed E-state index contributed by atoms with van der Waals surface area (Å²) in [6.45, 7) is 2.61. The highest BCUT2D eigenvalue weighted by molar-refractivity contribution is 5.49. The van der Waals surface area contributed by atoms with E-state index in [4.69, 9.17) is 0 Å². The first-order valence-corrected chi connectivity index (χ1v) is 6.31. The van der Waals surface area contributed by atoms with E-state index in [1.54, 1.807) is 6.92 Å². The normalized spacial score (nSPS) is 11.4. The fourth-order valence-corrected chi connectivity index (χ4v) is 1.66. The quantitative estimate of drug-likeness (QED) is 0.854. The molecule has 0 unspecified atom stereocenters. The number of pyridine rings is 1. The summed E-state index contributed by atoms with van der Waals surface area (Å²) in [4.78, 5) is 7.89. The van der Waals surface area contributed by atoms with Crippen LogP contribution in [0.25, 0.3) is 0 Å². The molecule has 2 heterocycles. The van der Waals surface area contributed by atoms with Gasteiger partial charge in [-0.25, -0.2) is 4.98 Å². The van der Waals surface area contributed by atoms with Crippen LogP contribution in [0.5, 0.6) is 0 Å². The molecule has 0 saturated heterocycles. The van der Waals surface area contributed by atoms with E-state index in [-0.39, 0.29) is 11.6 Å². The van der Waals surface area contributed by atoms with Crippen molar-refractivity contribution in [3.8, 4) is 0 Å². The lowest BCUT2D eigenvalue weighted by atomic mass is 10.2. The van der Waals surface area contributed by atoms with Crippen LogP contribution in [0.2, 0.25) is 0 Å². The number of nitrogens with zero attached hydrogens (tertiary/aromatic N) is 3. The Balaban J connectivity index is 2.08. The molecule has 6 nitrogen and oxygen atoms in total. The van der Waals surface area contributed by atoms with Crippen molar-refractivity contribution in [3.05, 3.63) is 29.9 Å². The Morgan fingerprint density at radius 1 is 1.19 bits per heavy atom. The molecule has 2 N–H and O–H groups in total. The molecule has 0 fully saturated rings. The van der Waals surface area contributed by atoms with Gasteiger partial charge in [-0.3, -0.25) is 0 Å². The number of hydrogen-bond donors (Lipinski definition) is 2. The van der Waals surface area contributed by atoms with Crippen molar-refractivity contribution < 1.29 is 17.7 Å². The second-order valence-corrected chi connectivity index (χ2v) is 4.18. The van der Waals surface area contributed by atoms with Crippen molar-refractivity contribution in [1.82, 2.24) is 15.1 Å². The number of anilines is 2. The molecule has 0 aliphatic carbocycles. The summed E-state index contributed by atoms with van der Waals surface area (Å²) >= 11 is 0. The maximum atomic E-state index is 12.8. The van der Waals surface area contributed by atoms with Crippen LogP contribution >= 0.6 is 0 Å². The van der Waals surface area contributed by atoms with Crippen molar-refractivity contribution >= 4 is 11.6 Å². The molecule has 9 heteroatoms. The molecule has 2 rings (SSSR count). The summed E-state index contributed by atoms with van der Waals surface area (Å²) in [5, 5.41) is 9.21. The molecule has 0 bridgehead atoms. The second-order valence-electron chi connectivity index (χ2n) is 4.18. The minimum atomic E-state index is -4.42. The van der Waals surface area contributed by atoms with Gasteiger partial charge in [0.15, 0.2) is 5.82 Å². The summed E-state index contributed by atoms with van der Waals surface area (Å²) in [6.07, 6.45) is -2.80. The molecule has 0 saturated carbocycles. The number of aromatic nitrogens is 3. The first kappa shape index (κ1) is 15.1. The lowest BCUT2D eigenvalue weighted by Crippen LogP contribution is -2.12. The van der Waals surface area contributed by atoms with E-state index in [0.717, 1.165) is 12.1 Å². The van der Waals surface area contributed by atoms with Gasteiger partial charge in [0.2, 0.25) is 6.39 Å². The lowest BCUT2D eigenvalue weighted by Gasteiger charge is -2.12. The number of rotatable bonds is 6. The predicted octanol–water partition coefficient (Wildman–Crippen LogP) is 2.57. The number of alkyl halides is 3. The van der Waals surface area contributed by atoms with Gasteiger partial charge in [-0.15, -0.1) is 0 Å². The monoisotopic (exact) mass is 301 g/mol. The van der Waals surface area contributed by atoms with Crippen LogP contribution < -0.4 is 10.6 Å². The Morgan fingerprint density at radius 3 is 2.48 bits per heavy atom. The van der Waals surface area contributed by atoms with Gasteiger partial charge in [-0.05, 0) is 19.1 Å². The summed E-state index contributed by atoms with van der Waals surface area (Å²) in [5.74, 6) is 0.792. The van der Waals surface area contributed by atoms with Crippen molar-refractivity contribution in [1.29, 1.82) is 0 Å². The SMILES string of the molecule is CCNc1cc(C(F)(F)F)cc(NCCc2ncon2)n1. The zero-order valence-electron chi connectivity index (χ0n) is 11.2. The molecular formula is C12H14F3N5O. The van der Waals surface area contributed by atoms with E-state index in [0.29, 0.717) is 25.3 Å². The number of halogens is 3. The zero-order chi connectivity index (χ0) is 15.3. The van der Waals surface area contributed by atoms with Crippen LogP contribution in [0.1, 0.15) is 18.3 Å². The van der Waals surface area contributed by atoms with Crippen LogP contribution in [-0.2, 0) is 12.6 Å². The van der Waals surface area contributed by atoms with Gasteiger partial charge in [0, 0.05) is 19.5 Å². The Kier molecular flexibility index (Phi) is 4.61. The molecule has 0 spiro atoms. The molecule has 2 aromatic heterocycles. The summed E-state index contributed by atoms with van der Waals surface area (Å²) in [5.41, 5.74) is -0.754. The van der Waals surface area contributed by atoms with Crippen molar-refractivity contribution in [2.24, 2.45) is 0 Å². The third kappa shape index (κ3) is 4.33. The fraction of sp³-hybridized carbons (Fsp3) is 0.417. The van der Waals surface area contributed by atoms with Crippen LogP contribution in [0.4, 0.5) is 24.8 Å². The first-order valence-electron chi connectivity index (χ1n) is 6.31. The molecule has 0 aliphatic rings. The third-order valence-electron chi connectivity index (χ3n) is 2.57. The maximum Gasteiger partial charge on any atom is 0.416 e. The van der Waals surface area contributed by atoms with Gasteiger partial charge in [-0.2, -0.15) is 18.2 Å². The molecule has 0 aliphatic heterocycles. The Morgan fingerprint density at radius 2 is 1.90 bits per heavy atom. The topological polar surface area (TPSA) is 75.9 Å². The van der Waals surface area contributed by atoms with Gasteiger partial charge in [0.25, 0.3) is 0 Å². The average Bonchev–Trinajstić information content (AvgIpc) is 2.91. The molecular weight excluding hydrogens is 287 g/mol. The summed E-state index contributed by atoms with van der Waals surface area (Å²) in [6, 6.07) is 1.95. The number of hydrogen-bond acceptors (Lipinski definition) is 6. The third-order valence-corrected chi connectivity index (χ3v) is 2.57. The number of nitrogens with one attached hydrogen (secondary N) is 2. The Hall–Kier alpha value is -2.32. The van der Waals surface area contributed by atoms with E-state index in [1.807, 2.05) is 0 Å². The second kappa shape index (κ2) is 6.42. The fourth-order valence-electron chi connectivity index (χ4n) is 1.66. The van der Waals surface area contributed by atoms with Crippen LogP contribution in [0, 0.1) is 0 Å².